The van der Waals surface area contributed by atoms with Crippen LogP contribution >= 0.6 is 0 Å². The van der Waals surface area contributed by atoms with Gasteiger partial charge in [0.05, 0.1) is 5.75 Å². The summed E-state index contributed by atoms with van der Waals surface area (Å²) in [7, 11) is -1.03. The molecule has 2 aliphatic heterocycles. The Bertz CT molecular complexity index is 379. The van der Waals surface area contributed by atoms with E-state index in [-0.39, 0.29) is 6.04 Å². The van der Waals surface area contributed by atoms with Gasteiger partial charge in [0.1, 0.15) is 0 Å². The van der Waals surface area contributed by atoms with Gasteiger partial charge in [-0.1, -0.05) is 0 Å². The van der Waals surface area contributed by atoms with Crippen LogP contribution in [-0.4, -0.2) is 69.2 Å². The Morgan fingerprint density at radius 2 is 1.89 bits per heavy atom. The lowest BCUT2D eigenvalue weighted by molar-refractivity contribution is 0.288. The second-order valence-corrected chi connectivity index (χ2v) is 8.01. The molecule has 2 fully saturated rings. The lowest BCUT2D eigenvalue weighted by atomic mass is 10.0. The summed E-state index contributed by atoms with van der Waals surface area (Å²) in [4.78, 5) is 2.23. The van der Waals surface area contributed by atoms with Crippen molar-refractivity contribution in [2.45, 2.75) is 32.2 Å². The predicted molar refractivity (Wildman–Crippen MR) is 77.7 cm³/mol. The standard InChI is InChI=1S/C13H27N3O2S/c1-12-10-15(2)8-3-9-16(12)19(17,18)11-13-4-6-14-7-5-13/h12-14H,3-11H2,1-2H3. The Balaban J connectivity index is 2.00. The Hall–Kier alpha value is -0.170. The lowest BCUT2D eigenvalue weighted by Crippen LogP contribution is -2.45. The van der Waals surface area contributed by atoms with Gasteiger partial charge in [0, 0.05) is 19.1 Å². The number of nitrogens with one attached hydrogen (secondary N) is 1. The molecule has 2 saturated heterocycles. The zero-order valence-electron chi connectivity index (χ0n) is 12.1. The maximum atomic E-state index is 12.6. The van der Waals surface area contributed by atoms with E-state index < -0.39 is 10.0 Å². The molecular weight excluding hydrogens is 262 g/mol. The van der Waals surface area contributed by atoms with Gasteiger partial charge < -0.3 is 10.2 Å². The molecule has 0 radical (unpaired) electrons. The quantitative estimate of drug-likeness (QED) is 0.814. The van der Waals surface area contributed by atoms with Crippen molar-refractivity contribution in [2.24, 2.45) is 5.92 Å². The molecule has 0 aromatic heterocycles. The van der Waals surface area contributed by atoms with Crippen LogP contribution in [0.4, 0.5) is 0 Å². The van der Waals surface area contributed by atoms with E-state index >= 15 is 0 Å². The molecule has 0 aromatic carbocycles. The molecule has 1 N–H and O–H groups in total. The van der Waals surface area contributed by atoms with Crippen molar-refractivity contribution in [2.75, 3.05) is 45.5 Å². The summed E-state index contributed by atoms with van der Waals surface area (Å²) in [6, 6.07) is 0.0965. The van der Waals surface area contributed by atoms with Gasteiger partial charge in [0.25, 0.3) is 0 Å². The van der Waals surface area contributed by atoms with Crippen molar-refractivity contribution in [1.29, 1.82) is 0 Å². The molecule has 0 bridgehead atoms. The minimum absolute atomic E-state index is 0.0965. The zero-order valence-corrected chi connectivity index (χ0v) is 13.0. The highest BCUT2D eigenvalue weighted by Crippen LogP contribution is 2.20. The molecule has 0 aliphatic carbocycles. The van der Waals surface area contributed by atoms with E-state index in [1.165, 1.54) is 0 Å². The maximum Gasteiger partial charge on any atom is 0.214 e. The summed E-state index contributed by atoms with van der Waals surface area (Å²) in [6.45, 7) is 6.45. The second kappa shape index (κ2) is 6.52. The average molecular weight is 289 g/mol. The van der Waals surface area contributed by atoms with Gasteiger partial charge in [-0.15, -0.1) is 0 Å². The molecule has 19 heavy (non-hydrogen) atoms. The summed E-state index contributed by atoms with van der Waals surface area (Å²) >= 11 is 0. The number of rotatable bonds is 3. The third-order valence-electron chi connectivity index (χ3n) is 4.25. The second-order valence-electron chi connectivity index (χ2n) is 6.05. The van der Waals surface area contributed by atoms with Crippen molar-refractivity contribution < 1.29 is 8.42 Å². The highest BCUT2D eigenvalue weighted by Gasteiger charge is 2.32. The average Bonchev–Trinajstić information content (AvgIpc) is 2.51. The van der Waals surface area contributed by atoms with Crippen molar-refractivity contribution in [3.63, 3.8) is 0 Å². The molecular formula is C13H27N3O2S. The van der Waals surface area contributed by atoms with E-state index in [4.69, 9.17) is 0 Å². The first-order valence-corrected chi connectivity index (χ1v) is 8.99. The van der Waals surface area contributed by atoms with Crippen LogP contribution < -0.4 is 5.32 Å². The monoisotopic (exact) mass is 289 g/mol. The van der Waals surface area contributed by atoms with Gasteiger partial charge in [-0.3, -0.25) is 0 Å². The topological polar surface area (TPSA) is 52.7 Å². The van der Waals surface area contributed by atoms with Crippen LogP contribution in [0.15, 0.2) is 0 Å². The third-order valence-corrected chi connectivity index (χ3v) is 6.40. The zero-order chi connectivity index (χ0) is 13.9. The van der Waals surface area contributed by atoms with Gasteiger partial charge in [0.15, 0.2) is 0 Å². The van der Waals surface area contributed by atoms with Crippen LogP contribution in [0.2, 0.25) is 0 Å². The Kier molecular flexibility index (Phi) is 5.22. The number of likely N-dealkylation sites (N-methyl/N-ethyl adjacent to an activating group) is 1. The van der Waals surface area contributed by atoms with Crippen molar-refractivity contribution in [3.05, 3.63) is 0 Å². The van der Waals surface area contributed by atoms with Gasteiger partial charge in [-0.05, 0) is 58.8 Å². The number of hydrogen-bond donors (Lipinski definition) is 1. The summed E-state index contributed by atoms with van der Waals surface area (Å²) in [5.41, 5.74) is 0. The minimum atomic E-state index is -3.10. The summed E-state index contributed by atoms with van der Waals surface area (Å²) in [5.74, 6) is 0.669. The minimum Gasteiger partial charge on any atom is -0.317 e. The molecule has 1 atom stereocenters. The van der Waals surface area contributed by atoms with Crippen LogP contribution in [0.1, 0.15) is 26.2 Å². The smallest absolute Gasteiger partial charge is 0.214 e. The number of nitrogens with zero attached hydrogens (tertiary/aromatic N) is 2. The number of piperidine rings is 1. The number of hydrogen-bond acceptors (Lipinski definition) is 4. The van der Waals surface area contributed by atoms with E-state index in [1.807, 2.05) is 6.92 Å². The van der Waals surface area contributed by atoms with E-state index in [0.717, 1.165) is 45.4 Å². The van der Waals surface area contributed by atoms with E-state index in [2.05, 4.69) is 17.3 Å². The molecule has 0 aromatic rings. The molecule has 0 spiro atoms. The summed E-state index contributed by atoms with van der Waals surface area (Å²) in [5, 5.41) is 3.29. The number of sulfonamides is 1. The highest BCUT2D eigenvalue weighted by molar-refractivity contribution is 7.89. The molecule has 1 unspecified atom stereocenters. The van der Waals surface area contributed by atoms with Gasteiger partial charge in [-0.25, -0.2) is 8.42 Å². The summed E-state index contributed by atoms with van der Waals surface area (Å²) < 4.78 is 27.0. The molecule has 5 nitrogen and oxygen atoms in total. The van der Waals surface area contributed by atoms with Gasteiger partial charge in [-0.2, -0.15) is 4.31 Å². The fraction of sp³-hybridized carbons (Fsp3) is 1.00. The van der Waals surface area contributed by atoms with Crippen LogP contribution in [0.25, 0.3) is 0 Å². The molecule has 0 amide bonds. The fourth-order valence-electron chi connectivity index (χ4n) is 3.21. The molecule has 2 rings (SSSR count). The molecule has 6 heteroatoms. The normalized spacial score (nSPS) is 29.3. The molecule has 2 aliphatic rings. The Morgan fingerprint density at radius 3 is 2.58 bits per heavy atom. The highest BCUT2D eigenvalue weighted by atomic mass is 32.2. The van der Waals surface area contributed by atoms with Crippen molar-refractivity contribution in [3.8, 4) is 0 Å². The molecule has 2 heterocycles. The van der Waals surface area contributed by atoms with Crippen LogP contribution in [0.3, 0.4) is 0 Å². The van der Waals surface area contributed by atoms with Crippen molar-refractivity contribution >= 4 is 10.0 Å². The first-order valence-electron chi connectivity index (χ1n) is 7.38. The summed E-state index contributed by atoms with van der Waals surface area (Å²) in [6.07, 6.45) is 2.91. The van der Waals surface area contributed by atoms with E-state index in [0.29, 0.717) is 18.2 Å². The maximum absolute atomic E-state index is 12.6. The first-order chi connectivity index (χ1) is 8.99. The van der Waals surface area contributed by atoms with Crippen LogP contribution in [0, 0.1) is 5.92 Å². The third kappa shape index (κ3) is 4.15. The SMILES string of the molecule is CC1CN(C)CCCN1S(=O)(=O)CC1CCNCC1. The first kappa shape index (κ1) is 15.2. The molecule has 112 valence electrons. The van der Waals surface area contributed by atoms with E-state index in [1.54, 1.807) is 4.31 Å². The van der Waals surface area contributed by atoms with E-state index in [9.17, 15) is 8.42 Å². The largest absolute Gasteiger partial charge is 0.317 e. The fourth-order valence-corrected chi connectivity index (χ4v) is 5.35. The predicted octanol–water partition coefficient (Wildman–Crippen LogP) is 0.342. The lowest BCUT2D eigenvalue weighted by Gasteiger charge is -2.30. The van der Waals surface area contributed by atoms with Gasteiger partial charge >= 0.3 is 0 Å². The van der Waals surface area contributed by atoms with Crippen molar-refractivity contribution in [1.82, 2.24) is 14.5 Å². The van der Waals surface area contributed by atoms with Crippen LogP contribution in [0.5, 0.6) is 0 Å². The Labute approximate surface area is 117 Å². The Morgan fingerprint density at radius 1 is 1.21 bits per heavy atom. The van der Waals surface area contributed by atoms with Gasteiger partial charge in [0.2, 0.25) is 10.0 Å². The molecule has 0 saturated carbocycles. The van der Waals surface area contributed by atoms with Crippen LogP contribution in [-0.2, 0) is 10.0 Å².